The number of aromatic hydroxyl groups is 1. The molecular weight excluding hydrogens is 528 g/mol. The first-order valence-corrected chi connectivity index (χ1v) is 14.6. The Balaban J connectivity index is 1.46. The lowest BCUT2D eigenvalue weighted by atomic mass is 10.0. The molecule has 1 amide bonds. The van der Waals surface area contributed by atoms with Gasteiger partial charge >= 0.3 is 6.09 Å². The van der Waals surface area contributed by atoms with Crippen molar-refractivity contribution < 1.29 is 29.0 Å². The summed E-state index contributed by atoms with van der Waals surface area (Å²) in [6.45, 7) is 5.22. The Kier molecular flexibility index (Phi) is 10.2. The van der Waals surface area contributed by atoms with Crippen molar-refractivity contribution in [3.05, 3.63) is 59.1 Å². The van der Waals surface area contributed by atoms with Crippen LogP contribution in [0.15, 0.2) is 53.4 Å². The van der Waals surface area contributed by atoms with Gasteiger partial charge in [0, 0.05) is 25.6 Å². The molecule has 8 nitrogen and oxygen atoms in total. The average molecular weight is 565 g/mol. The SMILES string of the molecule is CC(C)CN(C[C@@H](O)[C@H](Cc1ccccc1)NC(=O)OC1C[C@@H]2CCO[C@@H]2C1)[S+]([O-])c1ccc(Cl)c(O)c1. The van der Waals surface area contributed by atoms with E-state index in [9.17, 15) is 19.6 Å². The molecule has 0 radical (unpaired) electrons. The molecule has 38 heavy (non-hydrogen) atoms. The summed E-state index contributed by atoms with van der Waals surface area (Å²) in [5.41, 5.74) is 0.944. The van der Waals surface area contributed by atoms with Crippen LogP contribution in [0.4, 0.5) is 4.79 Å². The fourth-order valence-electron chi connectivity index (χ4n) is 5.20. The minimum Gasteiger partial charge on any atom is -0.593 e. The van der Waals surface area contributed by atoms with Crippen LogP contribution in [0.2, 0.25) is 5.02 Å². The van der Waals surface area contributed by atoms with Crippen molar-refractivity contribution in [1.82, 2.24) is 9.62 Å². The lowest BCUT2D eigenvalue weighted by Gasteiger charge is -2.31. The van der Waals surface area contributed by atoms with Gasteiger partial charge in [0.25, 0.3) is 0 Å². The number of benzene rings is 2. The van der Waals surface area contributed by atoms with Crippen molar-refractivity contribution in [3.8, 4) is 5.75 Å². The molecule has 3 N–H and O–H groups in total. The normalized spacial score (nSPS) is 23.3. The van der Waals surface area contributed by atoms with Crippen molar-refractivity contribution in [1.29, 1.82) is 0 Å². The molecule has 6 atom stereocenters. The maximum Gasteiger partial charge on any atom is 0.407 e. The molecule has 4 rings (SSSR count). The molecule has 1 saturated heterocycles. The summed E-state index contributed by atoms with van der Waals surface area (Å²) >= 11 is 4.26. The second-order valence-corrected chi connectivity index (χ2v) is 12.5. The number of aliphatic hydroxyl groups excluding tert-OH is 1. The highest BCUT2D eigenvalue weighted by atomic mass is 35.5. The zero-order chi connectivity index (χ0) is 27.2. The van der Waals surface area contributed by atoms with Gasteiger partial charge in [-0.15, -0.1) is 4.31 Å². The molecule has 2 aromatic rings. The molecule has 1 aliphatic heterocycles. The monoisotopic (exact) mass is 564 g/mol. The summed E-state index contributed by atoms with van der Waals surface area (Å²) in [6, 6.07) is 13.4. The van der Waals surface area contributed by atoms with Crippen LogP contribution in [-0.2, 0) is 27.3 Å². The zero-order valence-electron chi connectivity index (χ0n) is 21.8. The first-order chi connectivity index (χ1) is 18.2. The van der Waals surface area contributed by atoms with Crippen molar-refractivity contribution in [2.45, 2.75) is 68.8 Å². The van der Waals surface area contributed by atoms with Gasteiger partial charge in [-0.05, 0) is 48.8 Å². The van der Waals surface area contributed by atoms with E-state index in [-0.39, 0.29) is 35.4 Å². The summed E-state index contributed by atoms with van der Waals surface area (Å²) < 4.78 is 26.6. The Bertz CT molecular complexity index is 1050. The van der Waals surface area contributed by atoms with Gasteiger partial charge < -0.3 is 29.6 Å². The van der Waals surface area contributed by atoms with Gasteiger partial charge in [-0.1, -0.05) is 55.8 Å². The van der Waals surface area contributed by atoms with Crippen LogP contribution in [0.5, 0.6) is 5.75 Å². The Hall–Kier alpha value is -2.01. The molecule has 208 valence electrons. The van der Waals surface area contributed by atoms with E-state index in [0.29, 0.717) is 30.2 Å². The quantitative estimate of drug-likeness (QED) is 0.349. The van der Waals surface area contributed by atoms with Crippen molar-refractivity contribution in [2.75, 3.05) is 19.7 Å². The average Bonchev–Trinajstić information content (AvgIpc) is 3.46. The minimum atomic E-state index is -1.67. The summed E-state index contributed by atoms with van der Waals surface area (Å²) in [5.74, 6) is 0.433. The van der Waals surface area contributed by atoms with Crippen LogP contribution in [0, 0.1) is 11.8 Å². The van der Waals surface area contributed by atoms with E-state index in [2.05, 4.69) is 5.32 Å². The number of ether oxygens (including phenoxy) is 2. The largest absolute Gasteiger partial charge is 0.593 e. The highest BCUT2D eigenvalue weighted by Gasteiger charge is 2.40. The predicted molar refractivity (Wildman–Crippen MR) is 146 cm³/mol. The van der Waals surface area contributed by atoms with Crippen LogP contribution in [0.1, 0.15) is 38.7 Å². The third-order valence-electron chi connectivity index (χ3n) is 7.06. The molecule has 0 aromatic heterocycles. The summed E-state index contributed by atoms with van der Waals surface area (Å²) in [7, 11) is 0. The molecule has 1 heterocycles. The first-order valence-electron chi connectivity index (χ1n) is 13.2. The van der Waals surface area contributed by atoms with Gasteiger partial charge in [0.05, 0.1) is 41.2 Å². The van der Waals surface area contributed by atoms with E-state index in [1.165, 1.54) is 12.1 Å². The van der Waals surface area contributed by atoms with Gasteiger partial charge in [-0.3, -0.25) is 0 Å². The maximum absolute atomic E-state index is 13.5. The van der Waals surface area contributed by atoms with E-state index < -0.39 is 29.6 Å². The maximum atomic E-state index is 13.5. The lowest BCUT2D eigenvalue weighted by Crippen LogP contribution is -2.51. The number of carbonyl (C=O) groups is 1. The predicted octanol–water partition coefficient (Wildman–Crippen LogP) is 4.29. The second kappa shape index (κ2) is 13.4. The number of hydrogen-bond donors (Lipinski definition) is 3. The highest BCUT2D eigenvalue weighted by Crippen LogP contribution is 2.37. The van der Waals surface area contributed by atoms with E-state index in [1.54, 1.807) is 10.4 Å². The Morgan fingerprint density at radius 1 is 1.24 bits per heavy atom. The minimum absolute atomic E-state index is 0.0351. The van der Waals surface area contributed by atoms with Crippen LogP contribution < -0.4 is 5.32 Å². The molecule has 1 aliphatic carbocycles. The van der Waals surface area contributed by atoms with Crippen molar-refractivity contribution in [3.63, 3.8) is 0 Å². The number of halogens is 1. The smallest absolute Gasteiger partial charge is 0.407 e. The summed E-state index contributed by atoms with van der Waals surface area (Å²) in [6.07, 6.45) is 1.19. The molecule has 2 aliphatic rings. The van der Waals surface area contributed by atoms with Crippen molar-refractivity contribution >= 4 is 29.1 Å². The van der Waals surface area contributed by atoms with Crippen LogP contribution >= 0.6 is 11.6 Å². The number of nitrogens with one attached hydrogen (secondary N) is 1. The molecule has 2 fully saturated rings. The number of hydrogen-bond acceptors (Lipinski definition) is 7. The topological polar surface area (TPSA) is 114 Å². The van der Waals surface area contributed by atoms with Crippen molar-refractivity contribution in [2.24, 2.45) is 11.8 Å². The fraction of sp³-hybridized carbons (Fsp3) is 0.536. The first kappa shape index (κ1) is 29.0. The zero-order valence-corrected chi connectivity index (χ0v) is 23.4. The lowest BCUT2D eigenvalue weighted by molar-refractivity contribution is 0.0554. The van der Waals surface area contributed by atoms with Crippen LogP contribution in [0.25, 0.3) is 0 Å². The highest BCUT2D eigenvalue weighted by molar-refractivity contribution is 7.89. The van der Waals surface area contributed by atoms with E-state index in [4.69, 9.17) is 21.1 Å². The third-order valence-corrected chi connectivity index (χ3v) is 8.80. The molecule has 1 saturated carbocycles. The number of alkyl carbamates (subject to hydrolysis) is 1. The van der Waals surface area contributed by atoms with E-state index >= 15 is 0 Å². The molecule has 0 spiro atoms. The number of phenols is 1. The number of rotatable bonds is 11. The standard InChI is InChI=1S/C28H37ClN2O6S/c1-18(2)16-31(38(35)22-8-9-23(29)25(32)15-22)17-26(33)24(12-19-6-4-3-5-7-19)30-28(34)37-21-13-20-10-11-36-27(20)14-21/h3-9,15,18,20-21,24,26-27,32-33H,10-14,16-17H2,1-2H3,(H,30,34)/t20-,21?,24-,26+,27+,38?/m0/s1. The third kappa shape index (κ3) is 7.77. The Morgan fingerprint density at radius 2 is 2.00 bits per heavy atom. The Morgan fingerprint density at radius 3 is 2.68 bits per heavy atom. The number of carbonyl (C=O) groups excluding carboxylic acids is 1. The number of nitrogens with zero attached hydrogens (tertiary/aromatic N) is 1. The van der Waals surface area contributed by atoms with Crippen LogP contribution in [0.3, 0.4) is 0 Å². The molecule has 2 unspecified atom stereocenters. The summed E-state index contributed by atoms with van der Waals surface area (Å²) in [5, 5.41) is 24.4. The van der Waals surface area contributed by atoms with Gasteiger partial charge in [-0.2, -0.15) is 0 Å². The number of aliphatic hydroxyl groups is 1. The van der Waals surface area contributed by atoms with Gasteiger partial charge in [0.2, 0.25) is 0 Å². The number of fused-ring (bicyclic) bond motifs is 1. The number of phenolic OH excluding ortho intramolecular Hbond substituents is 1. The van der Waals surface area contributed by atoms with Gasteiger partial charge in [0.15, 0.2) is 4.90 Å². The molecule has 2 aromatic carbocycles. The van der Waals surface area contributed by atoms with E-state index in [0.717, 1.165) is 25.0 Å². The molecular formula is C28H37ClN2O6S. The van der Waals surface area contributed by atoms with E-state index in [1.807, 2.05) is 44.2 Å². The second-order valence-electron chi connectivity index (χ2n) is 10.6. The summed E-state index contributed by atoms with van der Waals surface area (Å²) in [4.78, 5) is 13.3. The van der Waals surface area contributed by atoms with Crippen LogP contribution in [-0.4, -0.2) is 69.2 Å². The number of amides is 1. The Labute approximate surface area is 232 Å². The molecule has 10 heteroatoms. The van der Waals surface area contributed by atoms with Gasteiger partial charge in [-0.25, -0.2) is 4.79 Å². The van der Waals surface area contributed by atoms with Gasteiger partial charge in [0.1, 0.15) is 11.9 Å². The molecule has 0 bridgehead atoms. The fourth-order valence-corrected chi connectivity index (χ4v) is 6.74.